The number of halogens is 1. The predicted octanol–water partition coefficient (Wildman–Crippen LogP) is 2.29. The number of thioether (sulfide) groups is 1. The van der Waals surface area contributed by atoms with Gasteiger partial charge >= 0.3 is 0 Å². The van der Waals surface area contributed by atoms with Gasteiger partial charge in [0.1, 0.15) is 5.82 Å². The molecule has 0 aliphatic carbocycles. The molecule has 0 amide bonds. The van der Waals surface area contributed by atoms with Gasteiger partial charge in [-0.25, -0.2) is 4.39 Å². The largest absolute Gasteiger partial charge is 0.308 e. The Hall–Kier alpha value is -1.89. The van der Waals surface area contributed by atoms with Crippen molar-refractivity contribution in [2.24, 2.45) is 0 Å². The quantitative estimate of drug-likeness (QED) is 0.812. The summed E-state index contributed by atoms with van der Waals surface area (Å²) in [7, 11) is 0. The topological polar surface area (TPSA) is 51.0 Å². The molecule has 0 saturated carbocycles. The van der Waals surface area contributed by atoms with E-state index in [0.29, 0.717) is 10.7 Å². The number of aromatic nitrogens is 3. The molecule has 1 aliphatic heterocycles. The summed E-state index contributed by atoms with van der Waals surface area (Å²) in [6.07, 6.45) is 5.19. The first-order valence-corrected chi connectivity index (χ1v) is 8.48. The molecular weight excluding hydrogens is 303 g/mol. The van der Waals surface area contributed by atoms with Crippen LogP contribution in [0.3, 0.4) is 0 Å². The number of benzene rings is 1. The maximum absolute atomic E-state index is 13.1. The lowest BCUT2D eigenvalue weighted by molar-refractivity contribution is 0.435. The van der Waals surface area contributed by atoms with Gasteiger partial charge in [-0.1, -0.05) is 11.8 Å². The van der Waals surface area contributed by atoms with Crippen LogP contribution in [-0.4, -0.2) is 34.2 Å². The Bertz CT molecular complexity index is 710. The summed E-state index contributed by atoms with van der Waals surface area (Å²) in [5, 5.41) is 10.8. The lowest BCUT2D eigenvalue weighted by Gasteiger charge is -2.30. The second kappa shape index (κ2) is 6.48. The van der Waals surface area contributed by atoms with Crippen LogP contribution in [0.15, 0.2) is 34.2 Å². The van der Waals surface area contributed by atoms with Crippen molar-refractivity contribution < 1.29 is 4.39 Å². The summed E-state index contributed by atoms with van der Waals surface area (Å²) in [6, 6.07) is 5.76. The smallest absolute Gasteiger partial charge is 0.299 e. The van der Waals surface area contributed by atoms with Gasteiger partial charge in [-0.2, -0.15) is 4.68 Å². The highest BCUT2D eigenvalue weighted by Gasteiger charge is 2.19. The van der Waals surface area contributed by atoms with E-state index in [2.05, 4.69) is 10.2 Å². The van der Waals surface area contributed by atoms with E-state index in [1.54, 1.807) is 16.8 Å². The second-order valence-corrected chi connectivity index (χ2v) is 5.95. The Morgan fingerprint density at radius 1 is 1.09 bits per heavy atom. The van der Waals surface area contributed by atoms with E-state index in [1.807, 2.05) is 11.3 Å². The van der Waals surface area contributed by atoms with Gasteiger partial charge in [-0.05, 0) is 49.8 Å². The lowest BCUT2D eigenvalue weighted by atomic mass is 10.1. The van der Waals surface area contributed by atoms with E-state index in [1.165, 1.54) is 30.3 Å². The van der Waals surface area contributed by atoms with Gasteiger partial charge in [-0.3, -0.25) is 4.79 Å². The molecule has 3 rings (SSSR count). The van der Waals surface area contributed by atoms with E-state index < -0.39 is 0 Å². The molecule has 0 unspecified atom stereocenters. The Morgan fingerprint density at radius 3 is 2.41 bits per heavy atom. The Balaban J connectivity index is 2.09. The molecule has 7 heteroatoms. The zero-order chi connectivity index (χ0) is 15.5. The summed E-state index contributed by atoms with van der Waals surface area (Å²) in [5.74, 6) is -0.339. The monoisotopic (exact) mass is 320 g/mol. The predicted molar refractivity (Wildman–Crippen MR) is 85.3 cm³/mol. The molecule has 0 atom stereocenters. The summed E-state index contributed by atoms with van der Waals surface area (Å²) < 4.78 is 14.7. The maximum Gasteiger partial charge on any atom is 0.299 e. The summed E-state index contributed by atoms with van der Waals surface area (Å²) in [6.45, 7) is 1.67. The molecule has 1 fully saturated rings. The average molecular weight is 320 g/mol. The first kappa shape index (κ1) is 15.0. The fraction of sp³-hybridized carbons (Fsp3) is 0.400. The van der Waals surface area contributed by atoms with Crippen LogP contribution >= 0.6 is 11.8 Å². The van der Waals surface area contributed by atoms with Crippen molar-refractivity contribution in [3.63, 3.8) is 0 Å². The first-order valence-electron chi connectivity index (χ1n) is 7.25. The fourth-order valence-electron chi connectivity index (χ4n) is 2.61. The SMILES string of the molecule is CSc1nnc(-c2ccc(F)cc2)c(=O)n1N1CCCCC1. The molecule has 22 heavy (non-hydrogen) atoms. The minimum Gasteiger partial charge on any atom is -0.308 e. The summed E-state index contributed by atoms with van der Waals surface area (Å²) in [4.78, 5) is 12.8. The number of nitrogens with zero attached hydrogens (tertiary/aromatic N) is 4. The molecule has 2 aromatic rings. The second-order valence-electron chi connectivity index (χ2n) is 5.17. The van der Waals surface area contributed by atoms with Crippen LogP contribution in [0.1, 0.15) is 19.3 Å². The molecule has 0 bridgehead atoms. The van der Waals surface area contributed by atoms with Gasteiger partial charge in [0, 0.05) is 18.7 Å². The number of hydrogen-bond donors (Lipinski definition) is 0. The van der Waals surface area contributed by atoms with Crippen molar-refractivity contribution in [3.05, 3.63) is 40.4 Å². The van der Waals surface area contributed by atoms with Crippen molar-refractivity contribution in [3.8, 4) is 11.3 Å². The number of piperidine rings is 1. The molecule has 0 N–H and O–H groups in total. The van der Waals surface area contributed by atoms with Gasteiger partial charge in [0.05, 0.1) is 0 Å². The molecule has 1 saturated heterocycles. The molecule has 0 spiro atoms. The van der Waals surface area contributed by atoms with Crippen LogP contribution in [0.2, 0.25) is 0 Å². The van der Waals surface area contributed by atoms with Gasteiger partial charge < -0.3 is 5.01 Å². The van der Waals surface area contributed by atoms with Crippen molar-refractivity contribution in [2.75, 3.05) is 24.4 Å². The van der Waals surface area contributed by atoms with Crippen molar-refractivity contribution in [2.45, 2.75) is 24.4 Å². The van der Waals surface area contributed by atoms with E-state index >= 15 is 0 Å². The third-order valence-electron chi connectivity index (χ3n) is 3.73. The third kappa shape index (κ3) is 2.85. The Labute approximate surface area is 132 Å². The standard InChI is InChI=1S/C15H17FN4OS/c1-22-15-18-17-13(11-5-7-12(16)8-6-11)14(21)20(15)19-9-3-2-4-10-19/h5-8H,2-4,9-10H2,1H3. The van der Waals surface area contributed by atoms with Crippen LogP contribution in [-0.2, 0) is 0 Å². The van der Waals surface area contributed by atoms with Crippen LogP contribution in [0, 0.1) is 5.82 Å². The van der Waals surface area contributed by atoms with Gasteiger partial charge in [0.25, 0.3) is 5.56 Å². The Kier molecular flexibility index (Phi) is 4.42. The van der Waals surface area contributed by atoms with Gasteiger partial charge in [-0.15, -0.1) is 10.2 Å². The molecule has 1 aromatic carbocycles. The minimum absolute atomic E-state index is 0.201. The van der Waals surface area contributed by atoms with Crippen molar-refractivity contribution >= 4 is 11.8 Å². The summed E-state index contributed by atoms with van der Waals surface area (Å²) in [5.41, 5.74) is 0.633. The van der Waals surface area contributed by atoms with E-state index in [-0.39, 0.29) is 17.1 Å². The van der Waals surface area contributed by atoms with E-state index in [4.69, 9.17) is 0 Å². The normalized spacial score (nSPS) is 15.1. The number of hydrogen-bond acceptors (Lipinski definition) is 5. The first-order chi connectivity index (χ1) is 10.7. The van der Waals surface area contributed by atoms with E-state index in [9.17, 15) is 9.18 Å². The molecule has 0 radical (unpaired) electrons. The highest BCUT2D eigenvalue weighted by molar-refractivity contribution is 7.98. The zero-order valence-corrected chi connectivity index (χ0v) is 13.1. The van der Waals surface area contributed by atoms with Crippen LogP contribution in [0.25, 0.3) is 11.3 Å². The van der Waals surface area contributed by atoms with Crippen LogP contribution in [0.5, 0.6) is 0 Å². The number of rotatable bonds is 3. The van der Waals surface area contributed by atoms with Gasteiger partial charge in [0.2, 0.25) is 5.16 Å². The summed E-state index contributed by atoms with van der Waals surface area (Å²) >= 11 is 1.40. The van der Waals surface area contributed by atoms with Crippen molar-refractivity contribution in [1.82, 2.24) is 14.9 Å². The van der Waals surface area contributed by atoms with Crippen LogP contribution < -0.4 is 10.6 Å². The highest BCUT2D eigenvalue weighted by atomic mass is 32.2. The third-order valence-corrected chi connectivity index (χ3v) is 4.35. The Morgan fingerprint density at radius 2 is 1.77 bits per heavy atom. The highest BCUT2D eigenvalue weighted by Crippen LogP contribution is 2.17. The molecule has 2 heterocycles. The molecule has 5 nitrogen and oxygen atoms in total. The molecular formula is C15H17FN4OS. The van der Waals surface area contributed by atoms with E-state index in [0.717, 1.165) is 25.9 Å². The van der Waals surface area contributed by atoms with Crippen molar-refractivity contribution in [1.29, 1.82) is 0 Å². The average Bonchev–Trinajstić information content (AvgIpc) is 2.56. The van der Waals surface area contributed by atoms with Crippen LogP contribution in [0.4, 0.5) is 4.39 Å². The molecule has 1 aromatic heterocycles. The molecule has 116 valence electrons. The molecule has 1 aliphatic rings. The maximum atomic E-state index is 13.1. The minimum atomic E-state index is -0.339. The fourth-order valence-corrected chi connectivity index (χ4v) is 3.10. The zero-order valence-electron chi connectivity index (χ0n) is 12.3. The van der Waals surface area contributed by atoms with Gasteiger partial charge in [0.15, 0.2) is 5.69 Å². The lowest BCUT2D eigenvalue weighted by Crippen LogP contribution is -2.47.